The standard InChI is InChI=1S/C8H11ClN2/c1-2-3-4-7-5-8(9)11-6-10-7/h5-6H,2-4H2,1H3. The van der Waals surface area contributed by atoms with Gasteiger partial charge < -0.3 is 0 Å². The first kappa shape index (κ1) is 8.47. The van der Waals surface area contributed by atoms with E-state index in [-0.39, 0.29) is 0 Å². The molecule has 0 unspecified atom stereocenters. The van der Waals surface area contributed by atoms with Gasteiger partial charge in [0.2, 0.25) is 0 Å². The second kappa shape index (κ2) is 4.29. The Hall–Kier alpha value is -0.630. The topological polar surface area (TPSA) is 25.8 Å². The van der Waals surface area contributed by atoms with Gasteiger partial charge in [-0.1, -0.05) is 24.9 Å². The summed E-state index contributed by atoms with van der Waals surface area (Å²) in [6.07, 6.45) is 4.85. The molecule has 1 rings (SSSR count). The van der Waals surface area contributed by atoms with Crippen LogP contribution in [-0.2, 0) is 6.42 Å². The van der Waals surface area contributed by atoms with E-state index in [0.717, 1.165) is 18.5 Å². The van der Waals surface area contributed by atoms with Crippen LogP contribution in [0.5, 0.6) is 0 Å². The number of halogens is 1. The molecular formula is C8H11ClN2. The maximum atomic E-state index is 5.67. The van der Waals surface area contributed by atoms with Crippen molar-refractivity contribution in [3.63, 3.8) is 0 Å². The van der Waals surface area contributed by atoms with Gasteiger partial charge in [0.25, 0.3) is 0 Å². The second-order valence-electron chi connectivity index (χ2n) is 2.44. The van der Waals surface area contributed by atoms with Gasteiger partial charge in [-0.2, -0.15) is 0 Å². The van der Waals surface area contributed by atoms with E-state index < -0.39 is 0 Å². The number of aromatic nitrogens is 2. The Kier molecular flexibility index (Phi) is 3.30. The van der Waals surface area contributed by atoms with Crippen LogP contribution in [0.2, 0.25) is 5.15 Å². The fourth-order valence-corrected chi connectivity index (χ4v) is 1.03. The van der Waals surface area contributed by atoms with Crippen LogP contribution in [-0.4, -0.2) is 9.97 Å². The molecule has 2 nitrogen and oxygen atoms in total. The number of rotatable bonds is 3. The maximum Gasteiger partial charge on any atom is 0.132 e. The molecule has 3 heteroatoms. The zero-order valence-corrected chi connectivity index (χ0v) is 7.30. The smallest absolute Gasteiger partial charge is 0.132 e. The van der Waals surface area contributed by atoms with Gasteiger partial charge in [0.1, 0.15) is 11.5 Å². The summed E-state index contributed by atoms with van der Waals surface area (Å²) in [5.74, 6) is 0. The maximum absolute atomic E-state index is 5.67. The van der Waals surface area contributed by atoms with Crippen molar-refractivity contribution in [2.24, 2.45) is 0 Å². The van der Waals surface area contributed by atoms with E-state index in [9.17, 15) is 0 Å². The SMILES string of the molecule is CCCCc1cc(Cl)ncn1. The minimum atomic E-state index is 0.533. The molecule has 0 aliphatic rings. The molecule has 60 valence electrons. The van der Waals surface area contributed by atoms with Crippen LogP contribution in [0.25, 0.3) is 0 Å². The molecule has 1 aromatic rings. The third kappa shape index (κ3) is 2.85. The van der Waals surface area contributed by atoms with E-state index >= 15 is 0 Å². The van der Waals surface area contributed by atoms with Crippen molar-refractivity contribution < 1.29 is 0 Å². The van der Waals surface area contributed by atoms with E-state index in [2.05, 4.69) is 16.9 Å². The Morgan fingerprint density at radius 2 is 2.27 bits per heavy atom. The zero-order chi connectivity index (χ0) is 8.10. The van der Waals surface area contributed by atoms with Crippen LogP contribution in [0.15, 0.2) is 12.4 Å². The predicted octanol–water partition coefficient (Wildman–Crippen LogP) is 2.47. The molecule has 0 atom stereocenters. The van der Waals surface area contributed by atoms with Gasteiger partial charge in [-0.25, -0.2) is 9.97 Å². The summed E-state index contributed by atoms with van der Waals surface area (Å²) >= 11 is 5.67. The summed E-state index contributed by atoms with van der Waals surface area (Å²) in [4.78, 5) is 7.88. The lowest BCUT2D eigenvalue weighted by Crippen LogP contribution is -1.90. The minimum Gasteiger partial charge on any atom is -0.241 e. The molecule has 0 radical (unpaired) electrons. The lowest BCUT2D eigenvalue weighted by Gasteiger charge is -1.96. The van der Waals surface area contributed by atoms with E-state index in [1.807, 2.05) is 6.07 Å². The number of aryl methyl sites for hydroxylation is 1. The minimum absolute atomic E-state index is 0.533. The molecule has 0 saturated carbocycles. The highest BCUT2D eigenvalue weighted by atomic mass is 35.5. The molecule has 1 aromatic heterocycles. The highest BCUT2D eigenvalue weighted by molar-refractivity contribution is 6.29. The van der Waals surface area contributed by atoms with Crippen molar-refractivity contribution in [2.75, 3.05) is 0 Å². The van der Waals surface area contributed by atoms with Crippen LogP contribution in [0.1, 0.15) is 25.5 Å². The molecular weight excluding hydrogens is 160 g/mol. The molecule has 0 aromatic carbocycles. The third-order valence-electron chi connectivity index (χ3n) is 1.48. The largest absolute Gasteiger partial charge is 0.241 e. The summed E-state index contributed by atoms with van der Waals surface area (Å²) in [7, 11) is 0. The first-order valence-corrected chi connectivity index (χ1v) is 4.17. The summed E-state index contributed by atoms with van der Waals surface area (Å²) in [5.41, 5.74) is 1.03. The van der Waals surface area contributed by atoms with Crippen LogP contribution < -0.4 is 0 Å². The molecule has 0 saturated heterocycles. The lowest BCUT2D eigenvalue weighted by atomic mass is 10.2. The Balaban J connectivity index is 2.56. The number of hydrogen-bond donors (Lipinski definition) is 0. The van der Waals surface area contributed by atoms with Crippen molar-refractivity contribution in [1.82, 2.24) is 9.97 Å². The van der Waals surface area contributed by atoms with Crippen LogP contribution >= 0.6 is 11.6 Å². The van der Waals surface area contributed by atoms with Crippen LogP contribution in [0.3, 0.4) is 0 Å². The number of unbranched alkanes of at least 4 members (excludes halogenated alkanes) is 1. The van der Waals surface area contributed by atoms with Crippen LogP contribution in [0, 0.1) is 0 Å². The van der Waals surface area contributed by atoms with Crippen molar-refractivity contribution in [3.8, 4) is 0 Å². The second-order valence-corrected chi connectivity index (χ2v) is 2.82. The average molecular weight is 171 g/mol. The molecule has 0 spiro atoms. The van der Waals surface area contributed by atoms with Gasteiger partial charge in [0.05, 0.1) is 0 Å². The van der Waals surface area contributed by atoms with Gasteiger partial charge in [0.15, 0.2) is 0 Å². The number of nitrogens with zero attached hydrogens (tertiary/aromatic N) is 2. The quantitative estimate of drug-likeness (QED) is 0.652. The summed E-state index contributed by atoms with van der Waals surface area (Å²) in [6, 6.07) is 1.82. The molecule has 1 heterocycles. The Bertz CT molecular complexity index is 225. The van der Waals surface area contributed by atoms with E-state index in [4.69, 9.17) is 11.6 Å². The van der Waals surface area contributed by atoms with Gasteiger partial charge in [-0.05, 0) is 18.9 Å². The van der Waals surface area contributed by atoms with Gasteiger partial charge in [-0.3, -0.25) is 0 Å². The van der Waals surface area contributed by atoms with Crippen molar-refractivity contribution in [3.05, 3.63) is 23.2 Å². The zero-order valence-electron chi connectivity index (χ0n) is 6.55. The van der Waals surface area contributed by atoms with Gasteiger partial charge >= 0.3 is 0 Å². The Morgan fingerprint density at radius 1 is 1.45 bits per heavy atom. The number of hydrogen-bond acceptors (Lipinski definition) is 2. The molecule has 0 fully saturated rings. The van der Waals surface area contributed by atoms with E-state index in [0.29, 0.717) is 5.15 Å². The van der Waals surface area contributed by atoms with Crippen molar-refractivity contribution in [1.29, 1.82) is 0 Å². The Labute approximate surface area is 71.6 Å². The average Bonchev–Trinajstić information content (AvgIpc) is 2.01. The highest BCUT2D eigenvalue weighted by Crippen LogP contribution is 2.06. The summed E-state index contributed by atoms with van der Waals surface area (Å²) in [6.45, 7) is 2.16. The Morgan fingerprint density at radius 3 is 2.91 bits per heavy atom. The molecule has 0 aliphatic carbocycles. The molecule has 0 N–H and O–H groups in total. The molecule has 0 bridgehead atoms. The fraction of sp³-hybridized carbons (Fsp3) is 0.500. The van der Waals surface area contributed by atoms with Gasteiger partial charge in [0, 0.05) is 5.69 Å². The summed E-state index contributed by atoms with van der Waals surface area (Å²) < 4.78 is 0. The molecule has 0 amide bonds. The summed E-state index contributed by atoms with van der Waals surface area (Å²) in [5, 5.41) is 0.533. The molecule has 11 heavy (non-hydrogen) atoms. The van der Waals surface area contributed by atoms with E-state index in [1.165, 1.54) is 12.7 Å². The monoisotopic (exact) mass is 170 g/mol. The van der Waals surface area contributed by atoms with Crippen molar-refractivity contribution >= 4 is 11.6 Å². The fourth-order valence-electron chi connectivity index (χ4n) is 0.865. The van der Waals surface area contributed by atoms with Crippen molar-refractivity contribution in [2.45, 2.75) is 26.2 Å². The third-order valence-corrected chi connectivity index (χ3v) is 1.68. The first-order valence-electron chi connectivity index (χ1n) is 3.79. The van der Waals surface area contributed by atoms with Crippen LogP contribution in [0.4, 0.5) is 0 Å². The van der Waals surface area contributed by atoms with Gasteiger partial charge in [-0.15, -0.1) is 0 Å². The highest BCUT2D eigenvalue weighted by Gasteiger charge is 1.94. The lowest BCUT2D eigenvalue weighted by molar-refractivity contribution is 0.773. The van der Waals surface area contributed by atoms with E-state index in [1.54, 1.807) is 0 Å². The first-order chi connectivity index (χ1) is 5.33. The normalized spacial score (nSPS) is 10.0. The molecule has 0 aliphatic heterocycles. The predicted molar refractivity (Wildman–Crippen MR) is 45.7 cm³/mol.